The Morgan fingerprint density at radius 1 is 0.944 bits per heavy atom. The normalized spacial score (nSPS) is 13.1. The monoisotopic (exact) mass is 526 g/mol. The molecule has 1 heterocycles. The molecular formula is C28H28Cl2N2O4. The second kappa shape index (κ2) is 12.2. The Morgan fingerprint density at radius 2 is 1.69 bits per heavy atom. The molecular weight excluding hydrogens is 499 g/mol. The van der Waals surface area contributed by atoms with Gasteiger partial charge in [-0.15, -0.1) is 0 Å². The Labute approximate surface area is 221 Å². The Hall–Kier alpha value is -3.22. The number of fused-ring (bicyclic) bond motifs is 1. The number of nitrogens with zero attached hydrogens (tertiary/aromatic N) is 1. The predicted octanol–water partition coefficient (Wildman–Crippen LogP) is 5.08. The number of amides is 2. The van der Waals surface area contributed by atoms with E-state index in [1.165, 1.54) is 0 Å². The molecule has 36 heavy (non-hydrogen) atoms. The van der Waals surface area contributed by atoms with Crippen molar-refractivity contribution in [2.45, 2.75) is 31.8 Å². The van der Waals surface area contributed by atoms with E-state index in [4.69, 9.17) is 32.7 Å². The maximum absolute atomic E-state index is 13.7. The number of carbonyl (C=O) groups excluding carboxylic acids is 2. The summed E-state index contributed by atoms with van der Waals surface area (Å²) in [4.78, 5) is 28.3. The molecule has 0 saturated carbocycles. The molecule has 0 bridgehead atoms. The van der Waals surface area contributed by atoms with E-state index in [1.807, 2.05) is 48.5 Å². The zero-order chi connectivity index (χ0) is 25.5. The van der Waals surface area contributed by atoms with Crippen molar-refractivity contribution in [2.24, 2.45) is 0 Å². The van der Waals surface area contributed by atoms with Crippen LogP contribution in [0.4, 0.5) is 0 Å². The maximum Gasteiger partial charge on any atom is 0.242 e. The highest BCUT2D eigenvalue weighted by Crippen LogP contribution is 2.31. The molecule has 0 radical (unpaired) electrons. The molecule has 3 aromatic carbocycles. The van der Waals surface area contributed by atoms with Crippen LogP contribution in [0.5, 0.6) is 11.5 Å². The summed E-state index contributed by atoms with van der Waals surface area (Å²) in [7, 11) is 1.58. The largest absolute Gasteiger partial charge is 0.486 e. The van der Waals surface area contributed by atoms with Gasteiger partial charge in [0.1, 0.15) is 19.3 Å². The molecule has 1 N–H and O–H groups in total. The fourth-order valence-corrected chi connectivity index (χ4v) is 4.66. The molecule has 0 spiro atoms. The zero-order valence-corrected chi connectivity index (χ0v) is 21.5. The molecule has 2 amide bonds. The van der Waals surface area contributed by atoms with Crippen molar-refractivity contribution < 1.29 is 19.1 Å². The molecule has 1 aliphatic heterocycles. The van der Waals surface area contributed by atoms with Crippen molar-refractivity contribution in [3.8, 4) is 11.5 Å². The first-order chi connectivity index (χ1) is 17.4. The lowest BCUT2D eigenvalue weighted by molar-refractivity contribution is -0.141. The van der Waals surface area contributed by atoms with Gasteiger partial charge in [0.25, 0.3) is 0 Å². The highest BCUT2D eigenvalue weighted by molar-refractivity contribution is 6.35. The van der Waals surface area contributed by atoms with Crippen molar-refractivity contribution in [1.82, 2.24) is 10.2 Å². The molecule has 0 aliphatic carbocycles. The van der Waals surface area contributed by atoms with Gasteiger partial charge >= 0.3 is 0 Å². The maximum atomic E-state index is 13.7. The second-order valence-electron chi connectivity index (χ2n) is 8.56. The summed E-state index contributed by atoms with van der Waals surface area (Å²) in [6.07, 6.45) is 1.08. The van der Waals surface area contributed by atoms with Gasteiger partial charge in [0.2, 0.25) is 11.8 Å². The third-order valence-corrected chi connectivity index (χ3v) is 6.69. The van der Waals surface area contributed by atoms with Crippen molar-refractivity contribution in [2.75, 3.05) is 20.3 Å². The Balaban J connectivity index is 1.59. The lowest BCUT2D eigenvalue weighted by Gasteiger charge is -2.31. The zero-order valence-electron chi connectivity index (χ0n) is 20.0. The van der Waals surface area contributed by atoms with Crippen LogP contribution in [0.15, 0.2) is 66.7 Å². The van der Waals surface area contributed by atoms with Crippen molar-refractivity contribution in [3.05, 3.63) is 93.5 Å². The van der Waals surface area contributed by atoms with Crippen LogP contribution < -0.4 is 14.8 Å². The number of benzene rings is 3. The van der Waals surface area contributed by atoms with Crippen LogP contribution in [-0.2, 0) is 29.0 Å². The van der Waals surface area contributed by atoms with E-state index in [2.05, 4.69) is 5.32 Å². The highest BCUT2D eigenvalue weighted by atomic mass is 35.5. The van der Waals surface area contributed by atoms with Crippen LogP contribution >= 0.6 is 23.2 Å². The van der Waals surface area contributed by atoms with Gasteiger partial charge in [-0.1, -0.05) is 65.7 Å². The summed E-state index contributed by atoms with van der Waals surface area (Å²) in [5.74, 6) is 0.998. The van der Waals surface area contributed by atoms with Crippen LogP contribution in [0.25, 0.3) is 0 Å². The van der Waals surface area contributed by atoms with Crippen molar-refractivity contribution >= 4 is 35.0 Å². The quantitative estimate of drug-likeness (QED) is 0.422. The first kappa shape index (κ1) is 25.9. The molecule has 6 nitrogen and oxygen atoms in total. The molecule has 8 heteroatoms. The third kappa shape index (κ3) is 6.50. The lowest BCUT2D eigenvalue weighted by atomic mass is 10.0. The fraction of sp³-hybridized carbons (Fsp3) is 0.286. The van der Waals surface area contributed by atoms with Gasteiger partial charge in [-0.25, -0.2) is 0 Å². The van der Waals surface area contributed by atoms with E-state index in [-0.39, 0.29) is 24.8 Å². The van der Waals surface area contributed by atoms with E-state index >= 15 is 0 Å². The minimum atomic E-state index is -0.711. The number of ether oxygens (including phenoxy) is 2. The summed E-state index contributed by atoms with van der Waals surface area (Å²) < 4.78 is 11.3. The third-order valence-electron chi connectivity index (χ3n) is 6.11. The van der Waals surface area contributed by atoms with Gasteiger partial charge in [0, 0.05) is 36.5 Å². The standard InChI is InChI=1S/C28H28Cl2N2O4/c1-31-28(34)24(15-19-5-3-2-4-6-19)32(18-21-9-10-22(29)17-23(21)30)27(33)12-8-20-7-11-25-26(16-20)36-14-13-35-25/h2-7,9-11,16-17,24H,8,12-15,18H2,1H3,(H,31,34)/t24-/m0/s1. The molecule has 1 aliphatic rings. The fourth-order valence-electron chi connectivity index (χ4n) is 4.19. The van der Waals surface area contributed by atoms with Gasteiger partial charge in [0.15, 0.2) is 11.5 Å². The summed E-state index contributed by atoms with van der Waals surface area (Å²) in [5, 5.41) is 3.67. The molecule has 0 saturated heterocycles. The average Bonchev–Trinajstić information content (AvgIpc) is 2.90. The second-order valence-corrected chi connectivity index (χ2v) is 9.40. The van der Waals surface area contributed by atoms with E-state index in [9.17, 15) is 9.59 Å². The molecule has 3 aromatic rings. The average molecular weight is 527 g/mol. The van der Waals surface area contributed by atoms with Gasteiger partial charge in [-0.3, -0.25) is 9.59 Å². The Bertz CT molecular complexity index is 1220. The van der Waals surface area contributed by atoms with Gasteiger partial charge in [-0.05, 0) is 47.4 Å². The Kier molecular flexibility index (Phi) is 8.73. The number of carbonyl (C=O) groups is 2. The Morgan fingerprint density at radius 3 is 2.42 bits per heavy atom. The van der Waals surface area contributed by atoms with Crippen LogP contribution in [0.3, 0.4) is 0 Å². The number of nitrogens with one attached hydrogen (secondary N) is 1. The van der Waals surface area contributed by atoms with E-state index in [0.717, 1.165) is 16.7 Å². The predicted molar refractivity (Wildman–Crippen MR) is 141 cm³/mol. The highest BCUT2D eigenvalue weighted by Gasteiger charge is 2.30. The van der Waals surface area contributed by atoms with Crippen molar-refractivity contribution in [1.29, 1.82) is 0 Å². The molecule has 188 valence electrons. The summed E-state index contributed by atoms with van der Waals surface area (Å²) in [6, 6.07) is 19.8. The number of likely N-dealkylation sites (N-methyl/N-ethyl adjacent to an activating group) is 1. The number of halogens is 2. The number of rotatable bonds is 9. The molecule has 4 rings (SSSR count). The summed E-state index contributed by atoms with van der Waals surface area (Å²) in [5.41, 5.74) is 2.63. The van der Waals surface area contributed by atoms with Crippen LogP contribution in [0, 0.1) is 0 Å². The van der Waals surface area contributed by atoms with Gasteiger partial charge in [0.05, 0.1) is 0 Å². The molecule has 0 aromatic heterocycles. The lowest BCUT2D eigenvalue weighted by Crippen LogP contribution is -2.49. The smallest absolute Gasteiger partial charge is 0.242 e. The first-order valence-electron chi connectivity index (χ1n) is 11.8. The molecule has 1 atom stereocenters. The number of aryl methyl sites for hydroxylation is 1. The first-order valence-corrected chi connectivity index (χ1v) is 12.6. The van der Waals surface area contributed by atoms with E-state index in [1.54, 1.807) is 30.1 Å². The number of hydrogen-bond acceptors (Lipinski definition) is 4. The number of hydrogen-bond donors (Lipinski definition) is 1. The van der Waals surface area contributed by atoms with Crippen LogP contribution in [0.1, 0.15) is 23.1 Å². The van der Waals surface area contributed by atoms with Crippen molar-refractivity contribution in [3.63, 3.8) is 0 Å². The van der Waals surface area contributed by atoms with Crippen LogP contribution in [-0.4, -0.2) is 43.0 Å². The molecule has 0 unspecified atom stereocenters. The van der Waals surface area contributed by atoms with E-state index < -0.39 is 6.04 Å². The SMILES string of the molecule is CNC(=O)[C@H](Cc1ccccc1)N(Cc1ccc(Cl)cc1Cl)C(=O)CCc1ccc2c(c1)OCCO2. The van der Waals surface area contributed by atoms with E-state index in [0.29, 0.717) is 47.6 Å². The summed E-state index contributed by atoms with van der Waals surface area (Å²) in [6.45, 7) is 1.20. The van der Waals surface area contributed by atoms with Crippen LogP contribution in [0.2, 0.25) is 10.0 Å². The molecule has 0 fully saturated rings. The minimum Gasteiger partial charge on any atom is -0.486 e. The minimum absolute atomic E-state index is 0.152. The van der Waals surface area contributed by atoms with Gasteiger partial charge < -0.3 is 19.7 Å². The summed E-state index contributed by atoms with van der Waals surface area (Å²) >= 11 is 12.5. The van der Waals surface area contributed by atoms with Gasteiger partial charge in [-0.2, -0.15) is 0 Å². The topological polar surface area (TPSA) is 67.9 Å².